The van der Waals surface area contributed by atoms with Crippen molar-refractivity contribution in [2.75, 3.05) is 5.73 Å². The molecule has 0 unspecified atom stereocenters. The van der Waals surface area contributed by atoms with Gasteiger partial charge < -0.3 is 10.2 Å². The van der Waals surface area contributed by atoms with Crippen molar-refractivity contribution in [2.24, 2.45) is 0 Å². The molecular formula is C12H7BrClN3OS. The van der Waals surface area contributed by atoms with Gasteiger partial charge in [0.15, 0.2) is 5.58 Å². The van der Waals surface area contributed by atoms with E-state index < -0.39 is 0 Å². The summed E-state index contributed by atoms with van der Waals surface area (Å²) in [5, 5.41) is 1.82. The fraction of sp³-hybridized carbons (Fsp3) is 0. The molecule has 0 saturated carbocycles. The van der Waals surface area contributed by atoms with Gasteiger partial charge in [-0.05, 0) is 45.9 Å². The van der Waals surface area contributed by atoms with Crippen molar-refractivity contribution in [1.82, 2.24) is 9.97 Å². The van der Waals surface area contributed by atoms with Gasteiger partial charge >= 0.3 is 0 Å². The summed E-state index contributed by atoms with van der Waals surface area (Å²) in [6, 6.07) is 7.13. The second-order valence-corrected chi connectivity index (χ2v) is 5.98. The van der Waals surface area contributed by atoms with Crippen LogP contribution in [0.15, 0.2) is 49.6 Å². The van der Waals surface area contributed by atoms with Gasteiger partial charge in [-0.3, -0.25) is 0 Å². The van der Waals surface area contributed by atoms with E-state index in [0.717, 1.165) is 15.0 Å². The number of anilines is 1. The minimum absolute atomic E-state index is 0.510. The first-order valence-electron chi connectivity index (χ1n) is 5.27. The maximum absolute atomic E-state index is 5.85. The third-order valence-electron chi connectivity index (χ3n) is 2.35. The number of hydrogen-bond donors (Lipinski definition) is 1. The number of nitrogens with two attached hydrogens (primary N) is 1. The highest BCUT2D eigenvalue weighted by Crippen LogP contribution is 2.34. The van der Waals surface area contributed by atoms with Crippen LogP contribution < -0.4 is 5.73 Å². The van der Waals surface area contributed by atoms with Gasteiger partial charge in [0.2, 0.25) is 0 Å². The summed E-state index contributed by atoms with van der Waals surface area (Å²) in [5.41, 5.74) is 7.77. The van der Waals surface area contributed by atoms with Gasteiger partial charge in [-0.1, -0.05) is 11.6 Å². The summed E-state index contributed by atoms with van der Waals surface area (Å²) in [7, 11) is 0. The SMILES string of the molecule is Nc1ccc2nc(Sc3ncc(Cl)cc3Br)oc2c1. The lowest BCUT2D eigenvalue weighted by Gasteiger charge is -1.99. The van der Waals surface area contributed by atoms with E-state index >= 15 is 0 Å². The van der Waals surface area contributed by atoms with Crippen molar-refractivity contribution < 1.29 is 4.42 Å². The van der Waals surface area contributed by atoms with Gasteiger partial charge in [0.25, 0.3) is 5.22 Å². The molecule has 19 heavy (non-hydrogen) atoms. The minimum atomic E-state index is 0.510. The predicted octanol–water partition coefficient (Wildman–Crippen LogP) is 4.37. The van der Waals surface area contributed by atoms with Crippen LogP contribution in [0.2, 0.25) is 5.02 Å². The van der Waals surface area contributed by atoms with Crippen LogP contribution in [0.4, 0.5) is 5.69 Å². The number of halogens is 2. The Morgan fingerprint density at radius 1 is 1.32 bits per heavy atom. The normalized spacial score (nSPS) is 11.1. The van der Waals surface area contributed by atoms with Crippen LogP contribution >= 0.6 is 39.3 Å². The minimum Gasteiger partial charge on any atom is -0.431 e. The Balaban J connectivity index is 1.96. The maximum Gasteiger partial charge on any atom is 0.263 e. The van der Waals surface area contributed by atoms with E-state index in [1.54, 1.807) is 24.4 Å². The van der Waals surface area contributed by atoms with Gasteiger partial charge in [0, 0.05) is 18.0 Å². The van der Waals surface area contributed by atoms with E-state index in [9.17, 15) is 0 Å². The van der Waals surface area contributed by atoms with Crippen molar-refractivity contribution in [3.05, 3.63) is 40.0 Å². The maximum atomic E-state index is 5.85. The molecule has 1 aromatic carbocycles. The number of oxazole rings is 1. The smallest absolute Gasteiger partial charge is 0.263 e. The monoisotopic (exact) mass is 355 g/mol. The lowest BCUT2D eigenvalue weighted by molar-refractivity contribution is 0.489. The molecule has 0 atom stereocenters. The van der Waals surface area contributed by atoms with Crippen LogP contribution in [-0.4, -0.2) is 9.97 Å². The molecule has 0 radical (unpaired) electrons. The summed E-state index contributed by atoms with van der Waals surface area (Å²) in [6.07, 6.45) is 1.58. The van der Waals surface area contributed by atoms with E-state index in [2.05, 4.69) is 25.9 Å². The van der Waals surface area contributed by atoms with E-state index in [1.807, 2.05) is 6.07 Å². The van der Waals surface area contributed by atoms with Crippen LogP contribution in [-0.2, 0) is 0 Å². The summed E-state index contributed by atoms with van der Waals surface area (Å²) in [4.78, 5) is 8.58. The second kappa shape index (κ2) is 5.03. The molecule has 4 nitrogen and oxygen atoms in total. The number of pyridine rings is 1. The van der Waals surface area contributed by atoms with E-state index in [1.165, 1.54) is 11.8 Å². The molecule has 0 saturated heterocycles. The highest BCUT2D eigenvalue weighted by molar-refractivity contribution is 9.10. The Morgan fingerprint density at radius 3 is 2.95 bits per heavy atom. The Labute approximate surface area is 126 Å². The summed E-state index contributed by atoms with van der Waals surface area (Å²) < 4.78 is 6.41. The summed E-state index contributed by atoms with van der Waals surface area (Å²) in [5.74, 6) is 0. The lowest BCUT2D eigenvalue weighted by atomic mass is 10.3. The van der Waals surface area contributed by atoms with E-state index in [0.29, 0.717) is 21.5 Å². The number of nitrogen functional groups attached to an aromatic ring is 1. The van der Waals surface area contributed by atoms with E-state index in [-0.39, 0.29) is 0 Å². The fourth-order valence-corrected chi connectivity index (χ4v) is 3.11. The van der Waals surface area contributed by atoms with Crippen molar-refractivity contribution in [2.45, 2.75) is 10.2 Å². The standard InChI is InChI=1S/C12H7BrClN3OS/c13-8-3-6(14)5-16-11(8)19-12-17-9-2-1-7(15)4-10(9)18-12/h1-5H,15H2. The van der Waals surface area contributed by atoms with Gasteiger partial charge in [-0.15, -0.1) is 0 Å². The molecule has 0 amide bonds. The molecule has 0 bridgehead atoms. The molecule has 96 valence electrons. The Kier molecular flexibility index (Phi) is 3.38. The third-order valence-corrected chi connectivity index (χ3v) is 4.29. The highest BCUT2D eigenvalue weighted by Gasteiger charge is 2.11. The molecule has 0 spiro atoms. The molecule has 2 N–H and O–H groups in total. The molecule has 0 fully saturated rings. The van der Waals surface area contributed by atoms with Crippen molar-refractivity contribution in [1.29, 1.82) is 0 Å². The number of rotatable bonds is 2. The van der Waals surface area contributed by atoms with Gasteiger partial charge in [-0.2, -0.15) is 0 Å². The van der Waals surface area contributed by atoms with Gasteiger partial charge in [0.1, 0.15) is 10.5 Å². The van der Waals surface area contributed by atoms with Crippen LogP contribution in [0.1, 0.15) is 0 Å². The molecule has 7 heteroatoms. The van der Waals surface area contributed by atoms with Crippen molar-refractivity contribution in [3.63, 3.8) is 0 Å². The highest BCUT2D eigenvalue weighted by atomic mass is 79.9. The number of aromatic nitrogens is 2. The zero-order chi connectivity index (χ0) is 13.4. The average molecular weight is 357 g/mol. The third kappa shape index (κ3) is 2.70. The Morgan fingerprint density at radius 2 is 2.16 bits per heavy atom. The first-order chi connectivity index (χ1) is 9.11. The van der Waals surface area contributed by atoms with Crippen LogP contribution in [0.25, 0.3) is 11.1 Å². The number of benzene rings is 1. The van der Waals surface area contributed by atoms with Crippen LogP contribution in [0.3, 0.4) is 0 Å². The molecule has 3 aromatic rings. The zero-order valence-electron chi connectivity index (χ0n) is 9.43. The lowest BCUT2D eigenvalue weighted by Crippen LogP contribution is -1.82. The quantitative estimate of drug-likeness (QED) is 0.691. The first kappa shape index (κ1) is 12.8. The molecule has 3 rings (SSSR count). The Hall–Kier alpha value is -1.24. The molecule has 0 aliphatic carbocycles. The van der Waals surface area contributed by atoms with Gasteiger partial charge in [-0.25, -0.2) is 9.97 Å². The largest absolute Gasteiger partial charge is 0.431 e. The zero-order valence-corrected chi connectivity index (χ0v) is 12.6. The molecule has 2 heterocycles. The number of nitrogens with zero attached hydrogens (tertiary/aromatic N) is 2. The first-order valence-corrected chi connectivity index (χ1v) is 7.25. The van der Waals surface area contributed by atoms with Crippen LogP contribution in [0, 0.1) is 0 Å². The molecule has 2 aromatic heterocycles. The summed E-state index contributed by atoms with van der Waals surface area (Å²) in [6.45, 7) is 0. The molecule has 0 aliphatic rings. The fourth-order valence-electron chi connectivity index (χ4n) is 1.52. The second-order valence-electron chi connectivity index (χ2n) is 3.75. The van der Waals surface area contributed by atoms with Crippen LogP contribution in [0.5, 0.6) is 0 Å². The average Bonchev–Trinajstić information content (AvgIpc) is 2.74. The molecule has 0 aliphatic heterocycles. The number of hydrogen-bond acceptors (Lipinski definition) is 5. The van der Waals surface area contributed by atoms with Gasteiger partial charge in [0.05, 0.1) is 9.50 Å². The topological polar surface area (TPSA) is 64.9 Å². The summed E-state index contributed by atoms with van der Waals surface area (Å²) >= 11 is 10.6. The number of fused-ring (bicyclic) bond motifs is 1. The van der Waals surface area contributed by atoms with E-state index in [4.69, 9.17) is 21.8 Å². The van der Waals surface area contributed by atoms with Crippen molar-refractivity contribution >= 4 is 56.1 Å². The molecular weight excluding hydrogens is 350 g/mol. The van der Waals surface area contributed by atoms with Crippen molar-refractivity contribution in [3.8, 4) is 0 Å². The predicted molar refractivity (Wildman–Crippen MR) is 79.5 cm³/mol. The Bertz CT molecular complexity index is 762.